The minimum atomic E-state index is -0.472. The number of fused-ring (bicyclic) bond motifs is 2. The van der Waals surface area contributed by atoms with E-state index in [4.69, 9.17) is 4.74 Å². The Balaban J connectivity index is 1.98. The summed E-state index contributed by atoms with van der Waals surface area (Å²) in [5.41, 5.74) is -0.472. The number of piperidine rings is 2. The van der Waals surface area contributed by atoms with Gasteiger partial charge in [-0.05, 0) is 53.4 Å². The van der Waals surface area contributed by atoms with Crippen molar-refractivity contribution < 1.29 is 14.3 Å². The molecule has 6 nitrogen and oxygen atoms in total. The molecule has 2 fully saturated rings. The maximum Gasteiger partial charge on any atom is 0.410 e. The van der Waals surface area contributed by atoms with Crippen LogP contribution in [0.5, 0.6) is 0 Å². The molecular weight excluding hydrogens is 306 g/mol. The van der Waals surface area contributed by atoms with Crippen molar-refractivity contribution in [3.8, 4) is 0 Å². The number of carbonyl (C=O) groups excluding carboxylic acids is 2. The van der Waals surface area contributed by atoms with E-state index in [1.54, 1.807) is 4.90 Å². The molecule has 3 atom stereocenters. The molecule has 24 heavy (non-hydrogen) atoms. The second-order valence-electron chi connectivity index (χ2n) is 8.08. The van der Waals surface area contributed by atoms with Gasteiger partial charge < -0.3 is 15.0 Å². The monoisotopic (exact) mass is 339 g/mol. The van der Waals surface area contributed by atoms with Gasteiger partial charge in [-0.15, -0.1) is 0 Å². The van der Waals surface area contributed by atoms with Crippen LogP contribution in [0.2, 0.25) is 0 Å². The van der Waals surface area contributed by atoms with E-state index in [9.17, 15) is 9.59 Å². The number of amides is 2. The lowest BCUT2D eigenvalue weighted by Crippen LogP contribution is -2.59. The number of rotatable bonds is 4. The molecule has 0 aliphatic carbocycles. The molecule has 0 spiro atoms. The Morgan fingerprint density at radius 2 is 1.79 bits per heavy atom. The molecule has 0 saturated carbocycles. The first kappa shape index (κ1) is 19.0. The fourth-order valence-electron chi connectivity index (χ4n) is 3.93. The first-order chi connectivity index (χ1) is 11.2. The lowest BCUT2D eigenvalue weighted by Gasteiger charge is -2.50. The van der Waals surface area contributed by atoms with Gasteiger partial charge in [0.2, 0.25) is 5.91 Å². The van der Waals surface area contributed by atoms with Crippen LogP contribution in [0.25, 0.3) is 0 Å². The third kappa shape index (κ3) is 4.85. The number of nitrogens with zero attached hydrogens (tertiary/aromatic N) is 2. The minimum Gasteiger partial charge on any atom is -0.444 e. The van der Waals surface area contributed by atoms with Gasteiger partial charge in [0.15, 0.2) is 0 Å². The largest absolute Gasteiger partial charge is 0.444 e. The average Bonchev–Trinajstić information content (AvgIpc) is 2.44. The Kier molecular flexibility index (Phi) is 6.12. The van der Waals surface area contributed by atoms with E-state index in [0.717, 1.165) is 25.7 Å². The predicted molar refractivity (Wildman–Crippen MR) is 93.8 cm³/mol. The van der Waals surface area contributed by atoms with Crippen LogP contribution < -0.4 is 5.32 Å². The number of carbonyl (C=O) groups is 2. The van der Waals surface area contributed by atoms with Crippen LogP contribution in [0, 0.1) is 0 Å². The number of hydrogen-bond donors (Lipinski definition) is 1. The number of ether oxygens (including phenoxy) is 1. The van der Waals surface area contributed by atoms with E-state index in [-0.39, 0.29) is 18.0 Å². The molecule has 2 saturated heterocycles. The summed E-state index contributed by atoms with van der Waals surface area (Å²) in [6.07, 6.45) is 5.02. The Morgan fingerprint density at radius 3 is 2.29 bits per heavy atom. The highest BCUT2D eigenvalue weighted by atomic mass is 16.6. The second-order valence-corrected chi connectivity index (χ2v) is 8.08. The van der Waals surface area contributed by atoms with Crippen LogP contribution in [0.4, 0.5) is 4.79 Å². The van der Waals surface area contributed by atoms with Gasteiger partial charge in [-0.25, -0.2) is 4.79 Å². The molecule has 0 radical (unpaired) electrons. The Morgan fingerprint density at radius 1 is 1.21 bits per heavy atom. The molecule has 1 N–H and O–H groups in total. The summed E-state index contributed by atoms with van der Waals surface area (Å²) in [4.78, 5) is 28.5. The third-order valence-corrected chi connectivity index (χ3v) is 5.03. The number of nitrogens with one attached hydrogen (secondary N) is 1. The van der Waals surface area contributed by atoms with Crippen molar-refractivity contribution in [2.75, 3.05) is 20.1 Å². The Hall–Kier alpha value is -1.30. The summed E-state index contributed by atoms with van der Waals surface area (Å²) in [7, 11) is 1.84. The van der Waals surface area contributed by atoms with Crippen molar-refractivity contribution >= 4 is 12.0 Å². The molecule has 2 amide bonds. The molecule has 2 heterocycles. The van der Waals surface area contributed by atoms with E-state index >= 15 is 0 Å². The van der Waals surface area contributed by atoms with E-state index in [1.807, 2.05) is 34.7 Å². The summed E-state index contributed by atoms with van der Waals surface area (Å²) in [6, 6.07) is 0.964. The maximum absolute atomic E-state index is 12.3. The highest BCUT2D eigenvalue weighted by Gasteiger charge is 2.41. The molecule has 0 aromatic rings. The van der Waals surface area contributed by atoms with Gasteiger partial charge in [0, 0.05) is 31.7 Å². The molecule has 2 bridgehead atoms. The number of hydrogen-bond acceptors (Lipinski definition) is 4. The zero-order valence-electron chi connectivity index (χ0n) is 15.8. The summed E-state index contributed by atoms with van der Waals surface area (Å²) in [5, 5.41) is 2.89. The molecule has 6 heteroatoms. The summed E-state index contributed by atoms with van der Waals surface area (Å²) < 4.78 is 5.51. The fraction of sp³-hybridized carbons (Fsp3) is 0.889. The van der Waals surface area contributed by atoms with Gasteiger partial charge in [0.1, 0.15) is 5.60 Å². The van der Waals surface area contributed by atoms with Crippen molar-refractivity contribution in [1.82, 2.24) is 15.1 Å². The van der Waals surface area contributed by atoms with Gasteiger partial charge in [-0.2, -0.15) is 0 Å². The normalized spacial score (nSPS) is 27.5. The molecular formula is C18H33N3O3. The molecule has 138 valence electrons. The van der Waals surface area contributed by atoms with Gasteiger partial charge in [0.25, 0.3) is 0 Å². The Labute approximate surface area is 145 Å². The summed E-state index contributed by atoms with van der Waals surface area (Å²) >= 11 is 0. The first-order valence-corrected chi connectivity index (χ1v) is 9.19. The molecule has 2 rings (SSSR count). The summed E-state index contributed by atoms with van der Waals surface area (Å²) in [6.45, 7) is 8.77. The third-order valence-electron chi connectivity index (χ3n) is 5.03. The van der Waals surface area contributed by atoms with Gasteiger partial charge in [-0.1, -0.05) is 6.42 Å². The van der Waals surface area contributed by atoms with Crippen LogP contribution in [0.1, 0.15) is 59.8 Å². The second kappa shape index (κ2) is 7.72. The minimum absolute atomic E-state index is 0.105. The van der Waals surface area contributed by atoms with Crippen molar-refractivity contribution in [2.45, 2.75) is 83.5 Å². The summed E-state index contributed by atoms with van der Waals surface area (Å²) in [5.74, 6) is 0.105. The Bertz CT molecular complexity index is 447. The van der Waals surface area contributed by atoms with E-state index < -0.39 is 5.60 Å². The zero-order chi connectivity index (χ0) is 17.9. The van der Waals surface area contributed by atoms with Gasteiger partial charge in [0.05, 0.1) is 6.54 Å². The van der Waals surface area contributed by atoms with Crippen LogP contribution in [0.15, 0.2) is 0 Å². The van der Waals surface area contributed by atoms with Crippen molar-refractivity contribution in [3.63, 3.8) is 0 Å². The van der Waals surface area contributed by atoms with Crippen molar-refractivity contribution in [2.24, 2.45) is 0 Å². The number of likely N-dealkylation sites (N-methyl/N-ethyl adjacent to an activating group) is 1. The van der Waals surface area contributed by atoms with Crippen LogP contribution in [-0.4, -0.2) is 65.7 Å². The molecule has 0 aromatic carbocycles. The van der Waals surface area contributed by atoms with Gasteiger partial charge in [-0.3, -0.25) is 9.69 Å². The van der Waals surface area contributed by atoms with Crippen molar-refractivity contribution in [3.05, 3.63) is 0 Å². The maximum atomic E-state index is 12.3. The van der Waals surface area contributed by atoms with E-state index in [2.05, 4.69) is 10.2 Å². The molecule has 2 aliphatic heterocycles. The van der Waals surface area contributed by atoms with Crippen LogP contribution in [0.3, 0.4) is 0 Å². The van der Waals surface area contributed by atoms with Crippen molar-refractivity contribution in [1.29, 1.82) is 0 Å². The van der Waals surface area contributed by atoms with Crippen LogP contribution in [-0.2, 0) is 9.53 Å². The average molecular weight is 339 g/mol. The fourth-order valence-corrected chi connectivity index (χ4v) is 3.93. The lowest BCUT2D eigenvalue weighted by molar-refractivity contribution is -0.125. The smallest absolute Gasteiger partial charge is 0.410 e. The van der Waals surface area contributed by atoms with Crippen LogP contribution >= 0.6 is 0 Å². The predicted octanol–water partition coefficient (Wildman–Crippen LogP) is 2.37. The highest BCUT2D eigenvalue weighted by Crippen LogP contribution is 2.35. The standard InChI is InChI=1S/C18H33N3O3/c1-6-19-16(22)12-21-13-8-7-9-14(21)11-15(10-13)20(5)17(23)24-18(2,3)4/h13-15H,6-12H2,1-5H3,(H,19,22)/t13-,14+,15-. The SMILES string of the molecule is CCNC(=O)CN1[C@@H]2CCC[C@H]1C[C@H](N(C)C(=O)OC(C)(C)C)C2. The zero-order valence-corrected chi connectivity index (χ0v) is 15.8. The quantitative estimate of drug-likeness (QED) is 0.854. The lowest BCUT2D eigenvalue weighted by atomic mass is 9.81. The molecule has 0 aromatic heterocycles. The van der Waals surface area contributed by atoms with E-state index in [0.29, 0.717) is 25.2 Å². The van der Waals surface area contributed by atoms with Gasteiger partial charge >= 0.3 is 6.09 Å². The topological polar surface area (TPSA) is 61.9 Å². The van der Waals surface area contributed by atoms with E-state index in [1.165, 1.54) is 6.42 Å². The molecule has 0 unspecified atom stereocenters. The first-order valence-electron chi connectivity index (χ1n) is 9.19. The highest BCUT2D eigenvalue weighted by molar-refractivity contribution is 5.78. The molecule has 2 aliphatic rings.